The number of halogens is 17. The Morgan fingerprint density at radius 2 is 1.05 bits per heavy atom. The lowest BCUT2D eigenvalue weighted by molar-refractivity contribution is -0.470. The minimum absolute atomic E-state index is 0.0324. The summed E-state index contributed by atoms with van der Waals surface area (Å²) in [5.41, 5.74) is 5.53. The van der Waals surface area contributed by atoms with Gasteiger partial charge >= 0.3 is 53.6 Å². The Balaban J connectivity index is 0. The average Bonchev–Trinajstić information content (AvgIpc) is 2.83. The standard InChI is InChI=1S/C16H15F17O2S.C5H13N3/c17-9(18,5-7-36-6-3-1-2-4-8(34)35)10(19,20)11(21,22)12(23,24)13(25,26)14(27,28)15(29,30)16(31,32)33;1-7(2)5(6)8(3)4/h1-7H2,(H,34,35);6H,1-4H3. The third-order valence-corrected chi connectivity index (χ3v) is 6.50. The summed E-state index contributed by atoms with van der Waals surface area (Å²) >= 11 is 0.288. The van der Waals surface area contributed by atoms with Crippen molar-refractivity contribution in [2.45, 2.75) is 79.7 Å². The van der Waals surface area contributed by atoms with Gasteiger partial charge in [-0.1, -0.05) is 6.42 Å². The largest absolute Gasteiger partial charge is 0.550 e. The van der Waals surface area contributed by atoms with Crippen LogP contribution in [0.5, 0.6) is 0 Å². The molecule has 23 heteroatoms. The number of thioether (sulfide) groups is 1. The van der Waals surface area contributed by atoms with Crippen LogP contribution in [0.25, 0.3) is 0 Å². The van der Waals surface area contributed by atoms with Gasteiger partial charge in [0.25, 0.3) is 0 Å². The Morgan fingerprint density at radius 1 is 0.659 bits per heavy atom. The third-order valence-electron chi connectivity index (χ3n) is 5.43. The number of alkyl halides is 17. The van der Waals surface area contributed by atoms with Crippen LogP contribution in [0, 0.1) is 0 Å². The van der Waals surface area contributed by atoms with Gasteiger partial charge in [0.1, 0.15) is 0 Å². The van der Waals surface area contributed by atoms with E-state index in [4.69, 9.17) is 5.73 Å². The van der Waals surface area contributed by atoms with Gasteiger partial charge in [0, 0.05) is 12.4 Å². The quantitative estimate of drug-likeness (QED) is 0.0793. The monoisotopic (exact) mass is 709 g/mol. The molecule has 0 aromatic carbocycles. The molecule has 2 N–H and O–H groups in total. The highest BCUT2D eigenvalue weighted by Crippen LogP contribution is 2.64. The molecule has 0 aliphatic heterocycles. The molecule has 0 spiro atoms. The maximum absolute atomic E-state index is 13.6. The van der Waals surface area contributed by atoms with Gasteiger partial charge in [0.2, 0.25) is 0 Å². The molecule has 0 unspecified atom stereocenters. The number of unbranched alkanes of at least 4 members (excludes halogenated alkanes) is 2. The molecule has 0 radical (unpaired) electrons. The molecule has 0 aliphatic carbocycles. The molecule has 44 heavy (non-hydrogen) atoms. The number of hydrogen-bond acceptors (Lipinski definition) is 3. The number of rotatable bonds is 15. The number of carbonyl (C=O) groups is 1. The van der Waals surface area contributed by atoms with E-state index >= 15 is 0 Å². The molecule has 0 heterocycles. The van der Waals surface area contributed by atoms with Crippen molar-refractivity contribution in [2.75, 3.05) is 39.7 Å². The summed E-state index contributed by atoms with van der Waals surface area (Å²) in [6.45, 7) is 0. The van der Waals surface area contributed by atoms with E-state index in [0.29, 0.717) is 0 Å². The predicted molar refractivity (Wildman–Crippen MR) is 121 cm³/mol. The van der Waals surface area contributed by atoms with Crippen LogP contribution in [-0.4, -0.2) is 109 Å². The Morgan fingerprint density at radius 3 is 1.36 bits per heavy atom. The number of carboxylic acids is 1. The molecule has 0 bridgehead atoms. The zero-order valence-corrected chi connectivity index (χ0v) is 23.9. The van der Waals surface area contributed by atoms with E-state index in [-0.39, 0.29) is 36.8 Å². The van der Waals surface area contributed by atoms with Crippen molar-refractivity contribution in [1.82, 2.24) is 4.90 Å². The first kappa shape index (κ1) is 44.0. The minimum atomic E-state index is -8.62. The van der Waals surface area contributed by atoms with E-state index in [9.17, 15) is 84.5 Å². The maximum Gasteiger partial charge on any atom is 0.460 e. The second-order valence-electron chi connectivity index (χ2n) is 9.34. The molecule has 0 rings (SSSR count). The molecule has 0 amide bonds. The predicted octanol–water partition coefficient (Wildman–Crippen LogP) is 5.56. The Kier molecular flexibility index (Phi) is 15.0. The van der Waals surface area contributed by atoms with Crippen LogP contribution in [-0.2, 0) is 4.79 Å². The summed E-state index contributed by atoms with van der Waals surface area (Å²) in [6, 6.07) is 0. The van der Waals surface area contributed by atoms with Gasteiger partial charge in [-0.2, -0.15) is 86.4 Å². The number of carboxylic acid groups (broad SMARTS) is 1. The molecular weight excluding hydrogens is 681 g/mol. The van der Waals surface area contributed by atoms with Crippen LogP contribution < -0.4 is 10.8 Å². The smallest absolute Gasteiger partial charge is 0.460 e. The van der Waals surface area contributed by atoms with Gasteiger partial charge in [-0.3, -0.25) is 15.2 Å². The summed E-state index contributed by atoms with van der Waals surface area (Å²) in [7, 11) is 7.65. The van der Waals surface area contributed by atoms with Crippen LogP contribution >= 0.6 is 11.8 Å². The molecule has 0 aromatic rings. The Bertz CT molecular complexity index is 966. The van der Waals surface area contributed by atoms with Gasteiger partial charge in [-0.25, -0.2) is 0 Å². The number of hydrogen-bond donors (Lipinski definition) is 1. The maximum atomic E-state index is 13.6. The van der Waals surface area contributed by atoms with E-state index < -0.39 is 72.2 Å². The van der Waals surface area contributed by atoms with E-state index in [0.717, 1.165) is 5.96 Å². The molecule has 0 saturated carbocycles. The number of aliphatic carboxylic acids is 1. The van der Waals surface area contributed by atoms with E-state index in [2.05, 4.69) is 0 Å². The highest BCUT2D eigenvalue weighted by atomic mass is 32.2. The fraction of sp³-hybridized carbons (Fsp3) is 0.905. The first-order valence-electron chi connectivity index (χ1n) is 11.7. The van der Waals surface area contributed by atoms with Crippen molar-refractivity contribution in [2.24, 2.45) is 5.73 Å². The molecule has 0 aliphatic rings. The normalized spacial score (nSPS) is 14.1. The zero-order chi connectivity index (χ0) is 36.0. The number of carbonyl (C=O) groups excluding carboxylic acids is 1. The lowest BCUT2D eigenvalue weighted by Gasteiger charge is -2.42. The molecule has 0 atom stereocenters. The fourth-order valence-electron chi connectivity index (χ4n) is 2.71. The Labute approximate surface area is 243 Å². The van der Waals surface area contributed by atoms with Crippen molar-refractivity contribution < 1.29 is 89.1 Å². The van der Waals surface area contributed by atoms with Crippen molar-refractivity contribution in [3.63, 3.8) is 0 Å². The first-order chi connectivity index (χ1) is 19.2. The summed E-state index contributed by atoms with van der Waals surface area (Å²) < 4.78 is 225. The Hall–Kier alpha value is -2.10. The van der Waals surface area contributed by atoms with Crippen molar-refractivity contribution >= 4 is 23.7 Å². The SMILES string of the molecule is CN(C)C(N)=[N+](C)C.O=C([O-])CCCCCSCCC(F)(F)C(F)(F)C(F)(F)C(F)(F)C(F)(F)C(F)(F)C(F)(F)C(F)(F)F. The van der Waals surface area contributed by atoms with Gasteiger partial charge in [-0.15, -0.1) is 0 Å². The summed E-state index contributed by atoms with van der Waals surface area (Å²) in [4.78, 5) is 12.0. The van der Waals surface area contributed by atoms with Crippen molar-refractivity contribution in [3.05, 3.63) is 0 Å². The number of nitrogens with two attached hydrogens (primary N) is 1. The highest BCUT2D eigenvalue weighted by Gasteiger charge is 2.95. The first-order valence-corrected chi connectivity index (χ1v) is 12.8. The minimum Gasteiger partial charge on any atom is -0.550 e. The van der Waals surface area contributed by atoms with Gasteiger partial charge in [-0.05, 0) is 30.8 Å². The summed E-state index contributed by atoms with van der Waals surface area (Å²) in [5, 5.41) is 10.1. The number of guanidine groups is 1. The van der Waals surface area contributed by atoms with E-state index in [1.165, 1.54) is 0 Å². The number of nitrogens with zero attached hydrogens (tertiary/aromatic N) is 2. The molecule has 264 valence electrons. The summed E-state index contributed by atoms with van der Waals surface area (Å²) in [6.07, 6.45) is -10.5. The van der Waals surface area contributed by atoms with Gasteiger partial charge in [0.15, 0.2) is 0 Å². The molecule has 0 aromatic heterocycles. The highest BCUT2D eigenvalue weighted by molar-refractivity contribution is 7.99. The second-order valence-corrected chi connectivity index (χ2v) is 10.6. The lowest BCUT2D eigenvalue weighted by atomic mass is 9.88. The van der Waals surface area contributed by atoms with Crippen LogP contribution in [0.4, 0.5) is 74.6 Å². The van der Waals surface area contributed by atoms with Crippen LogP contribution in [0.15, 0.2) is 0 Å². The van der Waals surface area contributed by atoms with Crippen LogP contribution in [0.2, 0.25) is 0 Å². The molecular formula is C21H28F17N3O2S. The lowest BCUT2D eigenvalue weighted by Crippen LogP contribution is -2.74. The van der Waals surface area contributed by atoms with E-state index in [1.54, 1.807) is 0 Å². The van der Waals surface area contributed by atoms with E-state index in [1.807, 2.05) is 37.7 Å². The molecule has 0 saturated heterocycles. The molecule has 0 fully saturated rings. The topological polar surface area (TPSA) is 72.4 Å². The van der Waals surface area contributed by atoms with Crippen molar-refractivity contribution in [3.8, 4) is 0 Å². The summed E-state index contributed by atoms with van der Waals surface area (Å²) in [5.74, 6) is -58.3. The van der Waals surface area contributed by atoms with Crippen LogP contribution in [0.1, 0.15) is 32.1 Å². The van der Waals surface area contributed by atoms with Gasteiger partial charge in [0.05, 0.1) is 28.2 Å². The second kappa shape index (κ2) is 15.0. The molecule has 5 nitrogen and oxygen atoms in total. The van der Waals surface area contributed by atoms with Crippen LogP contribution in [0.3, 0.4) is 0 Å². The third kappa shape index (κ3) is 9.23. The average molecular weight is 710 g/mol. The van der Waals surface area contributed by atoms with Crippen molar-refractivity contribution in [1.29, 1.82) is 0 Å². The fourth-order valence-corrected chi connectivity index (χ4v) is 3.72. The van der Waals surface area contributed by atoms with Gasteiger partial charge < -0.3 is 9.90 Å². The zero-order valence-electron chi connectivity index (χ0n) is 23.1.